The molecule has 0 amide bonds. The number of fused-ring (bicyclic) bond motifs is 1. The van der Waals surface area contributed by atoms with E-state index in [0.717, 1.165) is 16.5 Å². The maximum Gasteiger partial charge on any atom is 0.0503 e. The maximum absolute atomic E-state index is 9.82. The first-order chi connectivity index (χ1) is 10.3. The minimum Gasteiger partial charge on any atom is -0.396 e. The summed E-state index contributed by atoms with van der Waals surface area (Å²) in [5, 5.41) is 12.3. The van der Waals surface area contributed by atoms with E-state index in [-0.39, 0.29) is 12.5 Å². The number of rotatable bonds is 4. The molecule has 0 bridgehead atoms. The summed E-state index contributed by atoms with van der Waals surface area (Å²) in [5.74, 6) is 0.103. The van der Waals surface area contributed by atoms with E-state index in [2.05, 4.69) is 64.5 Å². The van der Waals surface area contributed by atoms with Gasteiger partial charge in [0.1, 0.15) is 0 Å². The average molecular weight is 341 g/mol. The topological polar surface area (TPSA) is 20.2 Å². The van der Waals surface area contributed by atoms with E-state index >= 15 is 0 Å². The Bertz CT molecular complexity index is 746. The second kappa shape index (κ2) is 6.42. The Morgan fingerprint density at radius 2 is 1.57 bits per heavy atom. The van der Waals surface area contributed by atoms with Gasteiger partial charge in [0.2, 0.25) is 0 Å². The van der Waals surface area contributed by atoms with Gasteiger partial charge < -0.3 is 5.11 Å². The maximum atomic E-state index is 9.82. The molecule has 0 fully saturated rings. The van der Waals surface area contributed by atoms with Crippen molar-refractivity contribution in [3.05, 3.63) is 82.3 Å². The molecule has 0 saturated carbocycles. The molecule has 3 aromatic carbocycles. The molecule has 0 spiro atoms. The van der Waals surface area contributed by atoms with Crippen molar-refractivity contribution in [3.8, 4) is 0 Å². The van der Waals surface area contributed by atoms with Gasteiger partial charge in [0.15, 0.2) is 0 Å². The lowest BCUT2D eigenvalue weighted by atomic mass is 9.90. The molecule has 0 heterocycles. The highest BCUT2D eigenvalue weighted by Crippen LogP contribution is 2.29. The summed E-state index contributed by atoms with van der Waals surface area (Å²) in [6.45, 7) is 0.145. The van der Waals surface area contributed by atoms with Crippen LogP contribution in [0.2, 0.25) is 0 Å². The smallest absolute Gasteiger partial charge is 0.0503 e. The quantitative estimate of drug-likeness (QED) is 0.714. The molecule has 1 atom stereocenters. The van der Waals surface area contributed by atoms with Gasteiger partial charge >= 0.3 is 0 Å². The molecule has 0 aromatic heterocycles. The summed E-state index contributed by atoms with van der Waals surface area (Å²) in [5.41, 5.74) is 2.44. The Hall–Kier alpha value is -1.64. The summed E-state index contributed by atoms with van der Waals surface area (Å²) >= 11 is 3.59. The van der Waals surface area contributed by atoms with Crippen LogP contribution in [0.4, 0.5) is 0 Å². The van der Waals surface area contributed by atoms with Crippen molar-refractivity contribution in [3.63, 3.8) is 0 Å². The third kappa shape index (κ3) is 3.02. The fourth-order valence-corrected chi connectivity index (χ4v) is 3.42. The fourth-order valence-electron chi connectivity index (χ4n) is 2.81. The number of aliphatic hydroxyl groups excluding tert-OH is 1. The van der Waals surface area contributed by atoms with Crippen molar-refractivity contribution < 1.29 is 5.11 Å². The summed E-state index contributed by atoms with van der Waals surface area (Å²) < 4.78 is 1.06. The van der Waals surface area contributed by atoms with Gasteiger partial charge in [-0.3, -0.25) is 0 Å². The van der Waals surface area contributed by atoms with Crippen molar-refractivity contribution >= 4 is 26.7 Å². The Labute approximate surface area is 133 Å². The lowest BCUT2D eigenvalue weighted by molar-refractivity contribution is 0.264. The van der Waals surface area contributed by atoms with Gasteiger partial charge in [-0.1, -0.05) is 76.6 Å². The number of aliphatic hydroxyl groups is 1. The monoisotopic (exact) mass is 340 g/mol. The van der Waals surface area contributed by atoms with E-state index in [1.54, 1.807) is 0 Å². The Morgan fingerprint density at radius 1 is 0.857 bits per heavy atom. The van der Waals surface area contributed by atoms with Crippen molar-refractivity contribution in [2.75, 3.05) is 6.61 Å². The van der Waals surface area contributed by atoms with Crippen LogP contribution in [0.15, 0.2) is 71.2 Å². The SMILES string of the molecule is OCC(Cc1cccc2ccccc12)c1ccccc1Br. The standard InChI is InChI=1S/C19H17BrO/c20-19-11-4-3-10-18(19)16(13-21)12-15-8-5-7-14-6-1-2-9-17(14)15/h1-11,16,21H,12-13H2. The van der Waals surface area contributed by atoms with E-state index in [9.17, 15) is 5.11 Å². The van der Waals surface area contributed by atoms with Gasteiger partial charge in [-0.2, -0.15) is 0 Å². The van der Waals surface area contributed by atoms with Crippen LogP contribution in [0, 0.1) is 0 Å². The predicted molar refractivity (Wildman–Crippen MR) is 91.6 cm³/mol. The predicted octanol–water partition coefficient (Wildman–Crippen LogP) is 4.92. The second-order valence-corrected chi connectivity index (χ2v) is 6.10. The Morgan fingerprint density at radius 3 is 2.38 bits per heavy atom. The molecule has 2 heteroatoms. The zero-order chi connectivity index (χ0) is 14.7. The van der Waals surface area contributed by atoms with Crippen LogP contribution in [0.25, 0.3) is 10.8 Å². The second-order valence-electron chi connectivity index (χ2n) is 5.24. The summed E-state index contributed by atoms with van der Waals surface area (Å²) in [7, 11) is 0. The van der Waals surface area contributed by atoms with Crippen LogP contribution in [0.1, 0.15) is 17.0 Å². The summed E-state index contributed by atoms with van der Waals surface area (Å²) in [6, 6.07) is 22.9. The Kier molecular flexibility index (Phi) is 4.37. The molecule has 1 N–H and O–H groups in total. The summed E-state index contributed by atoms with van der Waals surface area (Å²) in [4.78, 5) is 0. The fraction of sp³-hybridized carbons (Fsp3) is 0.158. The lowest BCUT2D eigenvalue weighted by Gasteiger charge is -2.17. The van der Waals surface area contributed by atoms with Crippen molar-refractivity contribution in [1.82, 2.24) is 0 Å². The largest absolute Gasteiger partial charge is 0.396 e. The Balaban J connectivity index is 1.98. The molecule has 3 rings (SSSR count). The van der Waals surface area contributed by atoms with Gasteiger partial charge in [-0.05, 0) is 34.4 Å². The first kappa shape index (κ1) is 14.3. The van der Waals surface area contributed by atoms with Gasteiger partial charge in [-0.25, -0.2) is 0 Å². The van der Waals surface area contributed by atoms with Gasteiger partial charge in [0.25, 0.3) is 0 Å². The molecule has 1 nitrogen and oxygen atoms in total. The minimum absolute atomic E-state index is 0.103. The zero-order valence-corrected chi connectivity index (χ0v) is 13.3. The molecule has 0 aliphatic heterocycles. The lowest BCUT2D eigenvalue weighted by Crippen LogP contribution is -2.08. The first-order valence-electron chi connectivity index (χ1n) is 7.11. The highest BCUT2D eigenvalue weighted by Gasteiger charge is 2.15. The number of hydrogen-bond donors (Lipinski definition) is 1. The molecule has 21 heavy (non-hydrogen) atoms. The van der Waals surface area contributed by atoms with Crippen LogP contribution in [-0.2, 0) is 6.42 Å². The third-order valence-electron chi connectivity index (χ3n) is 3.91. The first-order valence-corrected chi connectivity index (χ1v) is 7.91. The average Bonchev–Trinajstić information content (AvgIpc) is 2.53. The van der Waals surface area contributed by atoms with E-state index in [1.165, 1.54) is 16.3 Å². The van der Waals surface area contributed by atoms with Crippen molar-refractivity contribution in [2.45, 2.75) is 12.3 Å². The summed E-state index contributed by atoms with van der Waals surface area (Å²) in [6.07, 6.45) is 0.834. The molecule has 0 aliphatic carbocycles. The molecular weight excluding hydrogens is 324 g/mol. The van der Waals surface area contributed by atoms with Gasteiger partial charge in [-0.15, -0.1) is 0 Å². The molecule has 0 aliphatic rings. The van der Waals surface area contributed by atoms with E-state index in [4.69, 9.17) is 0 Å². The molecular formula is C19H17BrO. The van der Waals surface area contributed by atoms with Crippen LogP contribution in [0.5, 0.6) is 0 Å². The minimum atomic E-state index is 0.103. The molecule has 106 valence electrons. The van der Waals surface area contributed by atoms with E-state index < -0.39 is 0 Å². The zero-order valence-electron chi connectivity index (χ0n) is 11.7. The van der Waals surface area contributed by atoms with Crippen molar-refractivity contribution in [1.29, 1.82) is 0 Å². The van der Waals surface area contributed by atoms with E-state index in [0.29, 0.717) is 0 Å². The highest BCUT2D eigenvalue weighted by molar-refractivity contribution is 9.10. The molecule has 1 unspecified atom stereocenters. The number of halogens is 1. The van der Waals surface area contributed by atoms with Crippen LogP contribution < -0.4 is 0 Å². The highest BCUT2D eigenvalue weighted by atomic mass is 79.9. The van der Waals surface area contributed by atoms with E-state index in [1.807, 2.05) is 18.2 Å². The van der Waals surface area contributed by atoms with Crippen LogP contribution in [0.3, 0.4) is 0 Å². The molecule has 0 saturated heterocycles. The number of hydrogen-bond acceptors (Lipinski definition) is 1. The van der Waals surface area contributed by atoms with Gasteiger partial charge in [0.05, 0.1) is 6.61 Å². The molecule has 0 radical (unpaired) electrons. The normalized spacial score (nSPS) is 12.5. The van der Waals surface area contributed by atoms with Gasteiger partial charge in [0, 0.05) is 10.4 Å². The third-order valence-corrected chi connectivity index (χ3v) is 4.63. The van der Waals surface area contributed by atoms with Crippen molar-refractivity contribution in [2.24, 2.45) is 0 Å². The van der Waals surface area contributed by atoms with Crippen LogP contribution in [-0.4, -0.2) is 11.7 Å². The number of benzene rings is 3. The van der Waals surface area contributed by atoms with Crippen LogP contribution >= 0.6 is 15.9 Å². The molecule has 3 aromatic rings.